The van der Waals surface area contributed by atoms with Gasteiger partial charge in [-0.15, -0.1) is 0 Å². The molecule has 0 bridgehead atoms. The van der Waals surface area contributed by atoms with E-state index in [2.05, 4.69) is 20.5 Å². The zero-order valence-corrected chi connectivity index (χ0v) is 18.5. The number of hydrogen-bond donors (Lipinski definition) is 2. The van der Waals surface area contributed by atoms with Crippen LogP contribution in [-0.4, -0.2) is 80.3 Å². The van der Waals surface area contributed by atoms with Gasteiger partial charge < -0.3 is 20.3 Å². The molecule has 166 valence electrons. The summed E-state index contributed by atoms with van der Waals surface area (Å²) in [4.78, 5) is 20.8. The van der Waals surface area contributed by atoms with Gasteiger partial charge in [0.25, 0.3) is 0 Å². The van der Waals surface area contributed by atoms with Crippen molar-refractivity contribution in [2.75, 3.05) is 46.4 Å². The molecule has 0 aromatic carbocycles. The van der Waals surface area contributed by atoms with Crippen molar-refractivity contribution in [1.29, 1.82) is 0 Å². The third-order valence-corrected chi connectivity index (χ3v) is 6.81. The average molecular weight is 408 g/mol. The van der Waals surface area contributed by atoms with Crippen LogP contribution in [0, 0.1) is 5.92 Å². The summed E-state index contributed by atoms with van der Waals surface area (Å²) >= 11 is 0. The van der Waals surface area contributed by atoms with Crippen molar-refractivity contribution in [2.45, 2.75) is 76.8 Å². The van der Waals surface area contributed by atoms with Crippen LogP contribution in [-0.2, 0) is 4.74 Å². The number of guanidine groups is 1. The minimum atomic E-state index is -0.187. The maximum Gasteiger partial charge on any atom is 0.409 e. The third kappa shape index (κ3) is 6.76. The second-order valence-corrected chi connectivity index (χ2v) is 8.85. The van der Waals surface area contributed by atoms with Crippen molar-refractivity contribution in [3.8, 4) is 0 Å². The van der Waals surface area contributed by atoms with Gasteiger partial charge in [-0.1, -0.05) is 19.3 Å². The predicted octanol–water partition coefficient (Wildman–Crippen LogP) is 2.82. The Balaban J connectivity index is 1.38. The Morgan fingerprint density at radius 1 is 1.03 bits per heavy atom. The third-order valence-electron chi connectivity index (χ3n) is 6.81. The first-order chi connectivity index (χ1) is 14.2. The lowest BCUT2D eigenvalue weighted by Gasteiger charge is -2.33. The fourth-order valence-corrected chi connectivity index (χ4v) is 5.09. The highest BCUT2D eigenvalue weighted by atomic mass is 16.6. The van der Waals surface area contributed by atoms with Crippen LogP contribution >= 0.6 is 0 Å². The zero-order chi connectivity index (χ0) is 20.5. The summed E-state index contributed by atoms with van der Waals surface area (Å²) in [6, 6.07) is 0.981. The van der Waals surface area contributed by atoms with Crippen LogP contribution in [0.15, 0.2) is 4.99 Å². The van der Waals surface area contributed by atoms with Gasteiger partial charge in [-0.25, -0.2) is 4.79 Å². The Morgan fingerprint density at radius 2 is 1.79 bits per heavy atom. The molecule has 2 saturated heterocycles. The van der Waals surface area contributed by atoms with Crippen molar-refractivity contribution < 1.29 is 9.53 Å². The van der Waals surface area contributed by atoms with Crippen LogP contribution in [0.4, 0.5) is 4.79 Å². The molecule has 29 heavy (non-hydrogen) atoms. The van der Waals surface area contributed by atoms with E-state index in [-0.39, 0.29) is 6.09 Å². The number of aliphatic imine (C=N–C) groups is 1. The number of rotatable bonds is 6. The molecule has 1 atom stereocenters. The molecular weight excluding hydrogens is 366 g/mol. The number of hydrogen-bond acceptors (Lipinski definition) is 4. The zero-order valence-electron chi connectivity index (χ0n) is 18.5. The van der Waals surface area contributed by atoms with Gasteiger partial charge in [-0.3, -0.25) is 9.89 Å². The number of carbonyl (C=O) groups excluding carboxylic acids is 1. The number of likely N-dealkylation sites (tertiary alicyclic amines) is 2. The van der Waals surface area contributed by atoms with E-state index >= 15 is 0 Å². The normalized spacial score (nSPS) is 25.2. The quantitative estimate of drug-likeness (QED) is 0.523. The lowest BCUT2D eigenvalue weighted by atomic mass is 9.89. The summed E-state index contributed by atoms with van der Waals surface area (Å²) in [5.41, 5.74) is 0. The highest BCUT2D eigenvalue weighted by Crippen LogP contribution is 2.27. The Morgan fingerprint density at radius 3 is 2.48 bits per heavy atom. The fraction of sp³-hybridized carbons (Fsp3) is 0.909. The summed E-state index contributed by atoms with van der Waals surface area (Å²) in [6.07, 6.45) is 11.4. The van der Waals surface area contributed by atoms with Crippen molar-refractivity contribution >= 4 is 12.1 Å². The molecule has 1 aliphatic carbocycles. The summed E-state index contributed by atoms with van der Waals surface area (Å²) in [6.45, 7) is 7.27. The largest absolute Gasteiger partial charge is 0.450 e. The lowest BCUT2D eigenvalue weighted by molar-refractivity contribution is 0.0963. The molecule has 3 aliphatic rings. The first-order valence-corrected chi connectivity index (χ1v) is 11.8. The molecule has 0 aromatic heterocycles. The molecule has 2 aliphatic heterocycles. The van der Waals surface area contributed by atoms with E-state index in [1.54, 1.807) is 4.90 Å². The smallest absolute Gasteiger partial charge is 0.409 e. The van der Waals surface area contributed by atoms with Crippen molar-refractivity contribution in [3.63, 3.8) is 0 Å². The number of piperidine rings is 1. The number of carbonyl (C=O) groups is 1. The lowest BCUT2D eigenvalue weighted by Crippen LogP contribution is -2.51. The summed E-state index contributed by atoms with van der Waals surface area (Å²) in [5, 5.41) is 7.13. The van der Waals surface area contributed by atoms with E-state index in [0.717, 1.165) is 44.4 Å². The van der Waals surface area contributed by atoms with Crippen molar-refractivity contribution in [2.24, 2.45) is 10.9 Å². The number of nitrogens with one attached hydrogen (secondary N) is 2. The van der Waals surface area contributed by atoms with Crippen LogP contribution < -0.4 is 10.6 Å². The molecule has 3 fully saturated rings. The van der Waals surface area contributed by atoms with Crippen molar-refractivity contribution in [3.05, 3.63) is 0 Å². The average Bonchev–Trinajstić information content (AvgIpc) is 3.19. The molecule has 1 saturated carbocycles. The molecule has 7 nitrogen and oxygen atoms in total. The predicted molar refractivity (Wildman–Crippen MR) is 117 cm³/mol. The summed E-state index contributed by atoms with van der Waals surface area (Å²) in [5.74, 6) is 1.80. The van der Waals surface area contributed by atoms with Gasteiger partial charge in [0, 0.05) is 45.3 Å². The first-order valence-electron chi connectivity index (χ1n) is 11.8. The van der Waals surface area contributed by atoms with Crippen LogP contribution in [0.2, 0.25) is 0 Å². The number of ether oxygens (including phenoxy) is 1. The standard InChI is InChI=1S/C22H41N5O2/c1-3-29-22(28)26-14-11-19(12-15-26)25-21(23-2)24-16-20-10-7-13-27(20)17-18-8-5-4-6-9-18/h18-20H,3-17H2,1-2H3,(H2,23,24,25). The van der Waals surface area contributed by atoms with Crippen LogP contribution in [0.1, 0.15) is 64.7 Å². The monoisotopic (exact) mass is 407 g/mol. The molecule has 3 rings (SSSR count). The Kier molecular flexibility index (Phi) is 8.90. The van der Waals surface area contributed by atoms with E-state index in [0.29, 0.717) is 18.7 Å². The molecule has 2 heterocycles. The summed E-state index contributed by atoms with van der Waals surface area (Å²) in [7, 11) is 1.84. The topological polar surface area (TPSA) is 69.2 Å². The minimum absolute atomic E-state index is 0.187. The van der Waals surface area contributed by atoms with Gasteiger partial charge in [-0.2, -0.15) is 0 Å². The molecule has 2 N–H and O–H groups in total. The van der Waals surface area contributed by atoms with Gasteiger partial charge >= 0.3 is 6.09 Å². The van der Waals surface area contributed by atoms with Gasteiger partial charge in [0.15, 0.2) is 5.96 Å². The van der Waals surface area contributed by atoms with Gasteiger partial charge in [0.2, 0.25) is 0 Å². The second kappa shape index (κ2) is 11.6. The van der Waals surface area contributed by atoms with E-state index in [9.17, 15) is 4.79 Å². The van der Waals surface area contributed by atoms with Gasteiger partial charge in [-0.05, 0) is 57.9 Å². The fourth-order valence-electron chi connectivity index (χ4n) is 5.09. The van der Waals surface area contributed by atoms with E-state index in [1.165, 1.54) is 58.0 Å². The Hall–Kier alpha value is -1.50. The van der Waals surface area contributed by atoms with Crippen LogP contribution in [0.3, 0.4) is 0 Å². The maximum absolute atomic E-state index is 11.8. The number of amides is 1. The molecule has 1 amide bonds. The number of nitrogens with zero attached hydrogens (tertiary/aromatic N) is 3. The first kappa shape index (κ1) is 22.2. The minimum Gasteiger partial charge on any atom is -0.450 e. The van der Waals surface area contributed by atoms with E-state index in [1.807, 2.05) is 14.0 Å². The van der Waals surface area contributed by atoms with Crippen molar-refractivity contribution in [1.82, 2.24) is 20.4 Å². The van der Waals surface area contributed by atoms with Gasteiger partial charge in [0.05, 0.1) is 6.61 Å². The maximum atomic E-state index is 11.8. The Bertz CT molecular complexity index is 527. The van der Waals surface area contributed by atoms with Crippen LogP contribution in [0.5, 0.6) is 0 Å². The SMILES string of the molecule is CCOC(=O)N1CCC(NC(=NC)NCC2CCCN2CC2CCCCC2)CC1. The highest BCUT2D eigenvalue weighted by Gasteiger charge is 2.28. The van der Waals surface area contributed by atoms with E-state index in [4.69, 9.17) is 4.74 Å². The molecule has 7 heteroatoms. The molecule has 0 aromatic rings. The van der Waals surface area contributed by atoms with Gasteiger partial charge in [0.1, 0.15) is 0 Å². The molecule has 0 spiro atoms. The highest BCUT2D eigenvalue weighted by molar-refractivity contribution is 5.80. The Labute approximate surface area is 176 Å². The molecule has 0 radical (unpaired) electrons. The second-order valence-electron chi connectivity index (χ2n) is 8.85. The molecular formula is C22H41N5O2. The molecule has 1 unspecified atom stereocenters. The van der Waals surface area contributed by atoms with E-state index < -0.39 is 0 Å². The summed E-state index contributed by atoms with van der Waals surface area (Å²) < 4.78 is 5.10. The van der Waals surface area contributed by atoms with Crippen LogP contribution in [0.25, 0.3) is 0 Å².